The number of carboxylic acid groups (broad SMARTS) is 1. The number of nitrogens with one attached hydrogen (secondary N) is 2. The van der Waals surface area contributed by atoms with E-state index >= 15 is 0 Å². The molecular formula is C16H18N2O4. The first-order chi connectivity index (χ1) is 10.6. The van der Waals surface area contributed by atoms with Crippen molar-refractivity contribution in [1.82, 2.24) is 10.9 Å². The minimum atomic E-state index is -1.000. The Hall–Kier alpha value is -2.63. The van der Waals surface area contributed by atoms with Crippen molar-refractivity contribution >= 4 is 17.8 Å². The molecule has 22 heavy (non-hydrogen) atoms. The Morgan fingerprint density at radius 3 is 2.27 bits per heavy atom. The molecule has 116 valence electrons. The van der Waals surface area contributed by atoms with Crippen LogP contribution in [0.5, 0.6) is 0 Å². The number of rotatable bonds is 4. The standard InChI is InChI=1S/C16H18N2O4/c19-14(10-11-6-2-1-3-7-11)17-18-15(20)12-8-4-5-9-13(12)16(21)22/h1-7,12-13H,8-10H2,(H,17,19)(H,18,20)(H,21,22)/t12-,13-/m1/s1. The minimum Gasteiger partial charge on any atom is -0.481 e. The van der Waals surface area contributed by atoms with Crippen LogP contribution in [-0.2, 0) is 20.8 Å². The Kier molecular flexibility index (Phi) is 5.30. The van der Waals surface area contributed by atoms with Gasteiger partial charge in [-0.15, -0.1) is 0 Å². The summed E-state index contributed by atoms with van der Waals surface area (Å²) in [5.74, 6) is -3.24. The summed E-state index contributed by atoms with van der Waals surface area (Å²) in [6.45, 7) is 0. The van der Waals surface area contributed by atoms with Crippen LogP contribution in [0.25, 0.3) is 0 Å². The largest absolute Gasteiger partial charge is 0.481 e. The fourth-order valence-electron chi connectivity index (χ4n) is 2.43. The summed E-state index contributed by atoms with van der Waals surface area (Å²) in [6, 6.07) is 9.13. The van der Waals surface area contributed by atoms with Crippen LogP contribution in [0, 0.1) is 11.8 Å². The smallest absolute Gasteiger partial charge is 0.307 e. The van der Waals surface area contributed by atoms with Crippen molar-refractivity contribution in [3.63, 3.8) is 0 Å². The van der Waals surface area contributed by atoms with Crippen LogP contribution < -0.4 is 10.9 Å². The Balaban J connectivity index is 1.85. The summed E-state index contributed by atoms with van der Waals surface area (Å²) in [6.07, 6.45) is 4.38. The number of hydrazine groups is 1. The topological polar surface area (TPSA) is 95.5 Å². The van der Waals surface area contributed by atoms with Crippen molar-refractivity contribution in [3.05, 3.63) is 48.0 Å². The fraction of sp³-hybridized carbons (Fsp3) is 0.312. The van der Waals surface area contributed by atoms with E-state index in [2.05, 4.69) is 10.9 Å². The lowest BCUT2D eigenvalue weighted by atomic mass is 9.82. The highest BCUT2D eigenvalue weighted by atomic mass is 16.4. The Bertz CT molecular complexity index is 583. The summed E-state index contributed by atoms with van der Waals surface area (Å²) >= 11 is 0. The molecule has 2 amide bonds. The first kappa shape index (κ1) is 15.8. The average Bonchev–Trinajstić information content (AvgIpc) is 2.53. The highest BCUT2D eigenvalue weighted by Gasteiger charge is 2.34. The summed E-state index contributed by atoms with van der Waals surface area (Å²) < 4.78 is 0. The number of benzene rings is 1. The molecule has 0 unspecified atom stereocenters. The number of aliphatic carboxylic acids is 1. The van der Waals surface area contributed by atoms with Crippen molar-refractivity contribution in [2.75, 3.05) is 0 Å². The van der Waals surface area contributed by atoms with Crippen LogP contribution in [-0.4, -0.2) is 22.9 Å². The Labute approximate surface area is 128 Å². The molecule has 0 radical (unpaired) electrons. The third kappa shape index (κ3) is 4.18. The molecule has 6 heteroatoms. The van der Waals surface area contributed by atoms with E-state index in [4.69, 9.17) is 5.11 Å². The average molecular weight is 302 g/mol. The minimum absolute atomic E-state index is 0.147. The summed E-state index contributed by atoms with van der Waals surface area (Å²) in [5.41, 5.74) is 5.49. The molecule has 2 rings (SSSR count). The number of hydrogen-bond acceptors (Lipinski definition) is 3. The van der Waals surface area contributed by atoms with Gasteiger partial charge in [0.05, 0.1) is 18.3 Å². The molecule has 3 N–H and O–H groups in total. The summed E-state index contributed by atoms with van der Waals surface area (Å²) in [4.78, 5) is 35.0. The molecule has 1 aliphatic rings. The van der Waals surface area contributed by atoms with Gasteiger partial charge in [-0.25, -0.2) is 0 Å². The molecule has 0 aliphatic heterocycles. The Morgan fingerprint density at radius 2 is 1.64 bits per heavy atom. The number of carboxylic acids is 1. The normalized spacial score (nSPS) is 20.2. The molecule has 2 atom stereocenters. The van der Waals surface area contributed by atoms with Gasteiger partial charge in [-0.3, -0.25) is 25.2 Å². The van der Waals surface area contributed by atoms with Gasteiger partial charge in [0.2, 0.25) is 11.8 Å². The number of hydrogen-bond donors (Lipinski definition) is 3. The number of carbonyl (C=O) groups excluding carboxylic acids is 2. The van der Waals surface area contributed by atoms with Crippen molar-refractivity contribution in [1.29, 1.82) is 0 Å². The molecule has 6 nitrogen and oxygen atoms in total. The van der Waals surface area contributed by atoms with Gasteiger partial charge in [0.15, 0.2) is 0 Å². The van der Waals surface area contributed by atoms with E-state index in [1.54, 1.807) is 12.2 Å². The van der Waals surface area contributed by atoms with Crippen molar-refractivity contribution in [2.45, 2.75) is 19.3 Å². The van der Waals surface area contributed by atoms with Crippen molar-refractivity contribution < 1.29 is 19.5 Å². The predicted octanol–water partition coefficient (Wildman–Crippen LogP) is 1.04. The molecule has 0 aromatic heterocycles. The molecule has 0 saturated heterocycles. The van der Waals surface area contributed by atoms with Crippen molar-refractivity contribution in [3.8, 4) is 0 Å². The monoisotopic (exact) mass is 302 g/mol. The van der Waals surface area contributed by atoms with Crippen LogP contribution in [0.2, 0.25) is 0 Å². The number of amides is 2. The van der Waals surface area contributed by atoms with Crippen LogP contribution in [0.4, 0.5) is 0 Å². The molecule has 1 aromatic carbocycles. The SMILES string of the molecule is O=C(Cc1ccccc1)NNC(=O)[C@@H]1CC=CC[C@H]1C(=O)O. The van der Waals surface area contributed by atoms with Crippen LogP contribution in [0.3, 0.4) is 0 Å². The molecule has 0 saturated carbocycles. The number of allylic oxidation sites excluding steroid dienone is 2. The third-order valence-corrected chi connectivity index (χ3v) is 3.62. The van der Waals surface area contributed by atoms with E-state index in [1.165, 1.54) is 0 Å². The second kappa shape index (κ2) is 7.40. The zero-order valence-electron chi connectivity index (χ0n) is 12.0. The van der Waals surface area contributed by atoms with E-state index in [1.807, 2.05) is 30.3 Å². The second-order valence-corrected chi connectivity index (χ2v) is 5.19. The van der Waals surface area contributed by atoms with Gasteiger partial charge in [0.1, 0.15) is 0 Å². The van der Waals surface area contributed by atoms with Gasteiger partial charge in [-0.1, -0.05) is 42.5 Å². The van der Waals surface area contributed by atoms with E-state index < -0.39 is 23.7 Å². The van der Waals surface area contributed by atoms with Gasteiger partial charge >= 0.3 is 5.97 Å². The third-order valence-electron chi connectivity index (χ3n) is 3.62. The maximum absolute atomic E-state index is 12.0. The van der Waals surface area contributed by atoms with Gasteiger partial charge in [0, 0.05) is 0 Å². The van der Waals surface area contributed by atoms with Crippen LogP contribution in [0.1, 0.15) is 18.4 Å². The molecule has 0 spiro atoms. The van der Waals surface area contributed by atoms with Crippen molar-refractivity contribution in [2.24, 2.45) is 11.8 Å². The molecular weight excluding hydrogens is 284 g/mol. The van der Waals surface area contributed by atoms with Crippen LogP contribution in [0.15, 0.2) is 42.5 Å². The quantitative estimate of drug-likeness (QED) is 0.572. The molecule has 1 aromatic rings. The maximum atomic E-state index is 12.0. The summed E-state index contributed by atoms with van der Waals surface area (Å²) in [7, 11) is 0. The van der Waals surface area contributed by atoms with Gasteiger partial charge in [0.25, 0.3) is 0 Å². The molecule has 1 aliphatic carbocycles. The fourth-order valence-corrected chi connectivity index (χ4v) is 2.43. The first-order valence-electron chi connectivity index (χ1n) is 7.08. The lowest BCUT2D eigenvalue weighted by molar-refractivity contribution is -0.147. The highest BCUT2D eigenvalue weighted by molar-refractivity contribution is 5.87. The van der Waals surface area contributed by atoms with Gasteiger partial charge in [-0.05, 0) is 18.4 Å². The molecule has 0 fully saturated rings. The molecule has 0 heterocycles. The highest BCUT2D eigenvalue weighted by Crippen LogP contribution is 2.25. The second-order valence-electron chi connectivity index (χ2n) is 5.19. The number of carbonyl (C=O) groups is 3. The molecule has 0 bridgehead atoms. The maximum Gasteiger partial charge on any atom is 0.307 e. The Morgan fingerprint density at radius 1 is 1.00 bits per heavy atom. The zero-order valence-corrected chi connectivity index (χ0v) is 12.0. The van der Waals surface area contributed by atoms with E-state index in [0.717, 1.165) is 5.56 Å². The zero-order chi connectivity index (χ0) is 15.9. The van der Waals surface area contributed by atoms with Gasteiger partial charge < -0.3 is 5.11 Å². The lowest BCUT2D eigenvalue weighted by Gasteiger charge is -2.24. The lowest BCUT2D eigenvalue weighted by Crippen LogP contribution is -2.47. The first-order valence-corrected chi connectivity index (χ1v) is 7.08. The van der Waals surface area contributed by atoms with E-state index in [-0.39, 0.29) is 12.3 Å². The van der Waals surface area contributed by atoms with Gasteiger partial charge in [-0.2, -0.15) is 0 Å². The summed E-state index contributed by atoms with van der Waals surface area (Å²) in [5, 5.41) is 9.13. The predicted molar refractivity (Wildman–Crippen MR) is 79.4 cm³/mol. The van der Waals surface area contributed by atoms with E-state index in [9.17, 15) is 14.4 Å². The van der Waals surface area contributed by atoms with Crippen LogP contribution >= 0.6 is 0 Å². The van der Waals surface area contributed by atoms with E-state index in [0.29, 0.717) is 12.8 Å².